The van der Waals surface area contributed by atoms with Crippen LogP contribution in [-0.2, 0) is 6.42 Å². The summed E-state index contributed by atoms with van der Waals surface area (Å²) in [5.41, 5.74) is 8.05. The fourth-order valence-electron chi connectivity index (χ4n) is 3.23. The summed E-state index contributed by atoms with van der Waals surface area (Å²) in [6, 6.07) is 8.32. The molecule has 1 aromatic rings. The third-order valence-electron chi connectivity index (χ3n) is 4.22. The van der Waals surface area contributed by atoms with Gasteiger partial charge in [-0.25, -0.2) is 0 Å². The molecule has 2 heteroatoms. The van der Waals surface area contributed by atoms with Gasteiger partial charge in [0.2, 0.25) is 0 Å². The number of rotatable bonds is 3. The Balaban J connectivity index is 2.04. The van der Waals surface area contributed by atoms with Crippen LogP contribution in [-0.4, -0.2) is 6.04 Å². The molecule has 0 aliphatic heterocycles. The molecular formula is C15H22ClN. The zero-order valence-corrected chi connectivity index (χ0v) is 11.5. The van der Waals surface area contributed by atoms with Crippen LogP contribution >= 0.6 is 11.6 Å². The molecule has 0 heterocycles. The Morgan fingerprint density at radius 1 is 1.47 bits per heavy atom. The Hall–Kier alpha value is -0.530. The second-order valence-corrected chi connectivity index (χ2v) is 6.42. The van der Waals surface area contributed by atoms with Crippen molar-refractivity contribution >= 4 is 11.6 Å². The first-order chi connectivity index (χ1) is 7.99. The van der Waals surface area contributed by atoms with E-state index in [4.69, 9.17) is 17.3 Å². The van der Waals surface area contributed by atoms with Crippen LogP contribution in [0.3, 0.4) is 0 Å². The summed E-state index contributed by atoms with van der Waals surface area (Å²) in [7, 11) is 0. The van der Waals surface area contributed by atoms with Gasteiger partial charge in [0.15, 0.2) is 0 Å². The Morgan fingerprint density at radius 2 is 2.24 bits per heavy atom. The van der Waals surface area contributed by atoms with Crippen molar-refractivity contribution in [2.45, 2.75) is 45.6 Å². The molecule has 2 N–H and O–H groups in total. The lowest BCUT2D eigenvalue weighted by atomic mass is 9.76. The lowest BCUT2D eigenvalue weighted by Gasteiger charge is -2.32. The summed E-state index contributed by atoms with van der Waals surface area (Å²) < 4.78 is 0. The first kappa shape index (κ1) is 12.9. The molecular weight excluding hydrogens is 230 g/mol. The van der Waals surface area contributed by atoms with Gasteiger partial charge in [-0.2, -0.15) is 0 Å². The van der Waals surface area contributed by atoms with Gasteiger partial charge in [-0.1, -0.05) is 44.0 Å². The average Bonchev–Trinajstić information content (AvgIpc) is 2.58. The van der Waals surface area contributed by atoms with E-state index in [2.05, 4.69) is 19.9 Å². The van der Waals surface area contributed by atoms with Crippen molar-refractivity contribution in [2.24, 2.45) is 17.1 Å². The highest BCUT2D eigenvalue weighted by molar-refractivity contribution is 6.30. The highest BCUT2D eigenvalue weighted by Crippen LogP contribution is 2.44. The molecule has 1 nitrogen and oxygen atoms in total. The largest absolute Gasteiger partial charge is 0.327 e. The Kier molecular flexibility index (Phi) is 3.79. The normalized spacial score (nSPS) is 24.8. The fraction of sp³-hybridized carbons (Fsp3) is 0.600. The highest BCUT2D eigenvalue weighted by atomic mass is 35.5. The third-order valence-corrected chi connectivity index (χ3v) is 4.45. The van der Waals surface area contributed by atoms with Gasteiger partial charge in [-0.05, 0) is 48.3 Å². The van der Waals surface area contributed by atoms with Crippen molar-refractivity contribution < 1.29 is 0 Å². The SMILES string of the molecule is CC1(C)CCCC1C(N)Cc1cccc(Cl)c1. The van der Waals surface area contributed by atoms with E-state index in [1.807, 2.05) is 18.2 Å². The van der Waals surface area contributed by atoms with Crippen LogP contribution in [0.15, 0.2) is 24.3 Å². The van der Waals surface area contributed by atoms with Crippen LogP contribution in [0, 0.1) is 11.3 Å². The molecule has 0 amide bonds. The Morgan fingerprint density at radius 3 is 2.82 bits per heavy atom. The van der Waals surface area contributed by atoms with Crippen molar-refractivity contribution in [3.8, 4) is 0 Å². The first-order valence-corrected chi connectivity index (χ1v) is 6.87. The van der Waals surface area contributed by atoms with E-state index in [0.29, 0.717) is 11.3 Å². The summed E-state index contributed by atoms with van der Waals surface area (Å²) in [6.45, 7) is 4.70. The van der Waals surface area contributed by atoms with E-state index in [-0.39, 0.29) is 6.04 Å². The summed E-state index contributed by atoms with van der Waals surface area (Å²) in [6.07, 6.45) is 4.84. The Bertz CT molecular complexity index is 386. The summed E-state index contributed by atoms with van der Waals surface area (Å²) in [4.78, 5) is 0. The van der Waals surface area contributed by atoms with E-state index in [9.17, 15) is 0 Å². The van der Waals surface area contributed by atoms with E-state index in [1.165, 1.54) is 24.8 Å². The molecule has 1 aromatic carbocycles. The van der Waals surface area contributed by atoms with Gasteiger partial charge in [0, 0.05) is 11.1 Å². The molecule has 0 bridgehead atoms. The molecule has 1 aliphatic rings. The van der Waals surface area contributed by atoms with Crippen LogP contribution in [0.5, 0.6) is 0 Å². The molecule has 17 heavy (non-hydrogen) atoms. The van der Waals surface area contributed by atoms with Crippen LogP contribution in [0.1, 0.15) is 38.7 Å². The smallest absolute Gasteiger partial charge is 0.0408 e. The van der Waals surface area contributed by atoms with E-state index >= 15 is 0 Å². The molecule has 1 fully saturated rings. The van der Waals surface area contributed by atoms with Crippen molar-refractivity contribution in [3.63, 3.8) is 0 Å². The predicted octanol–water partition coefficient (Wildman–Crippen LogP) is 4.04. The minimum absolute atomic E-state index is 0.256. The van der Waals surface area contributed by atoms with E-state index < -0.39 is 0 Å². The van der Waals surface area contributed by atoms with Crippen molar-refractivity contribution in [1.29, 1.82) is 0 Å². The molecule has 2 rings (SSSR count). The van der Waals surface area contributed by atoms with Gasteiger partial charge in [0.05, 0.1) is 0 Å². The van der Waals surface area contributed by atoms with Crippen LogP contribution in [0.25, 0.3) is 0 Å². The number of hydrogen-bond donors (Lipinski definition) is 1. The van der Waals surface area contributed by atoms with Crippen molar-refractivity contribution in [3.05, 3.63) is 34.9 Å². The van der Waals surface area contributed by atoms with Gasteiger partial charge >= 0.3 is 0 Å². The lowest BCUT2D eigenvalue weighted by Crippen LogP contribution is -2.38. The molecule has 0 spiro atoms. The van der Waals surface area contributed by atoms with Crippen molar-refractivity contribution in [2.75, 3.05) is 0 Å². The van der Waals surface area contributed by atoms with E-state index in [1.54, 1.807) is 0 Å². The van der Waals surface area contributed by atoms with Gasteiger partial charge in [0.25, 0.3) is 0 Å². The van der Waals surface area contributed by atoms with Gasteiger partial charge in [0.1, 0.15) is 0 Å². The lowest BCUT2D eigenvalue weighted by molar-refractivity contribution is 0.220. The summed E-state index contributed by atoms with van der Waals surface area (Å²) in [5.74, 6) is 0.640. The standard InChI is InChI=1S/C15H22ClN/c1-15(2)8-4-7-13(15)14(17)10-11-5-3-6-12(16)9-11/h3,5-6,9,13-14H,4,7-8,10,17H2,1-2H3. The van der Waals surface area contributed by atoms with Gasteiger partial charge in [-0.15, -0.1) is 0 Å². The molecule has 0 radical (unpaired) electrons. The van der Waals surface area contributed by atoms with Crippen molar-refractivity contribution in [1.82, 2.24) is 0 Å². The minimum Gasteiger partial charge on any atom is -0.327 e. The molecule has 2 atom stereocenters. The summed E-state index contributed by atoms with van der Waals surface area (Å²) in [5, 5.41) is 0.806. The maximum absolute atomic E-state index is 6.39. The quantitative estimate of drug-likeness (QED) is 0.862. The number of nitrogens with two attached hydrogens (primary N) is 1. The average molecular weight is 252 g/mol. The molecule has 1 aliphatic carbocycles. The second-order valence-electron chi connectivity index (χ2n) is 5.99. The first-order valence-electron chi connectivity index (χ1n) is 6.49. The van der Waals surface area contributed by atoms with Gasteiger partial charge < -0.3 is 5.73 Å². The number of benzene rings is 1. The van der Waals surface area contributed by atoms with Crippen LogP contribution in [0.2, 0.25) is 5.02 Å². The van der Waals surface area contributed by atoms with E-state index in [0.717, 1.165) is 11.4 Å². The molecule has 1 saturated carbocycles. The molecule has 0 saturated heterocycles. The second kappa shape index (κ2) is 4.99. The summed E-state index contributed by atoms with van der Waals surface area (Å²) >= 11 is 6.00. The predicted molar refractivity (Wildman–Crippen MR) is 74.3 cm³/mol. The maximum Gasteiger partial charge on any atom is 0.0408 e. The monoisotopic (exact) mass is 251 g/mol. The van der Waals surface area contributed by atoms with Crippen LogP contribution < -0.4 is 5.73 Å². The van der Waals surface area contributed by atoms with Gasteiger partial charge in [-0.3, -0.25) is 0 Å². The molecule has 0 aromatic heterocycles. The number of hydrogen-bond acceptors (Lipinski definition) is 1. The maximum atomic E-state index is 6.39. The van der Waals surface area contributed by atoms with Crippen LogP contribution in [0.4, 0.5) is 0 Å². The molecule has 94 valence electrons. The Labute approximate surface area is 109 Å². The minimum atomic E-state index is 0.256. The fourth-order valence-corrected chi connectivity index (χ4v) is 3.44. The third kappa shape index (κ3) is 3.02. The zero-order valence-electron chi connectivity index (χ0n) is 10.7. The zero-order chi connectivity index (χ0) is 12.5. The highest BCUT2D eigenvalue weighted by Gasteiger charge is 2.37. The number of halogens is 1. The topological polar surface area (TPSA) is 26.0 Å². The molecule has 2 unspecified atom stereocenters.